The Balaban J connectivity index is 2.19. The normalized spacial score (nSPS) is 11.0. The molecule has 2 rings (SSSR count). The molecular formula is C15H20ClN3O. The number of aromatic nitrogens is 3. The van der Waals surface area contributed by atoms with E-state index in [-0.39, 0.29) is 5.78 Å². The lowest BCUT2D eigenvalue weighted by Gasteiger charge is -2.04. The number of ketones is 1. The van der Waals surface area contributed by atoms with E-state index in [0.717, 1.165) is 34.8 Å². The zero-order valence-electron chi connectivity index (χ0n) is 12.2. The van der Waals surface area contributed by atoms with E-state index in [2.05, 4.69) is 5.10 Å². The van der Waals surface area contributed by atoms with Gasteiger partial charge in [-0.25, -0.2) is 0 Å². The van der Waals surface area contributed by atoms with Gasteiger partial charge in [0.1, 0.15) is 0 Å². The average Bonchev–Trinajstić information content (AvgIpc) is 2.99. The predicted molar refractivity (Wildman–Crippen MR) is 80.4 cm³/mol. The summed E-state index contributed by atoms with van der Waals surface area (Å²) in [6, 6.07) is 1.86. The minimum absolute atomic E-state index is 0.191. The lowest BCUT2D eigenvalue weighted by Crippen LogP contribution is -2.04. The van der Waals surface area contributed by atoms with Gasteiger partial charge in [0.25, 0.3) is 0 Å². The molecule has 0 aromatic carbocycles. The van der Waals surface area contributed by atoms with Crippen LogP contribution < -0.4 is 0 Å². The van der Waals surface area contributed by atoms with Crippen molar-refractivity contribution in [3.05, 3.63) is 40.4 Å². The van der Waals surface area contributed by atoms with Gasteiger partial charge in [-0.15, -0.1) is 0 Å². The molecule has 2 aromatic heterocycles. The number of aryl methyl sites for hydroxylation is 2. The molecule has 0 atom stereocenters. The van der Waals surface area contributed by atoms with E-state index in [0.29, 0.717) is 13.0 Å². The van der Waals surface area contributed by atoms with Crippen LogP contribution in [-0.2, 0) is 20.0 Å². The van der Waals surface area contributed by atoms with E-state index in [9.17, 15) is 4.79 Å². The fraction of sp³-hybridized carbons (Fsp3) is 0.467. The smallest absolute Gasteiger partial charge is 0.164 e. The van der Waals surface area contributed by atoms with E-state index in [4.69, 9.17) is 11.6 Å². The largest absolute Gasteiger partial charge is 0.348 e. The molecular weight excluding hydrogens is 274 g/mol. The van der Waals surface area contributed by atoms with Crippen molar-refractivity contribution >= 4 is 17.4 Å². The zero-order chi connectivity index (χ0) is 14.7. The number of halogens is 1. The van der Waals surface area contributed by atoms with Crippen LogP contribution in [0.25, 0.3) is 0 Å². The van der Waals surface area contributed by atoms with Crippen molar-refractivity contribution in [3.63, 3.8) is 0 Å². The molecule has 0 spiro atoms. The minimum Gasteiger partial charge on any atom is -0.348 e. The Labute approximate surface area is 124 Å². The number of carbonyl (C=O) groups excluding carboxylic acids is 1. The number of hydrogen-bond donors (Lipinski definition) is 0. The highest BCUT2D eigenvalue weighted by Gasteiger charge is 2.14. The molecule has 0 radical (unpaired) electrons. The van der Waals surface area contributed by atoms with E-state index in [1.165, 1.54) is 0 Å². The Bertz CT molecular complexity index is 613. The molecule has 0 fully saturated rings. The van der Waals surface area contributed by atoms with Crippen LogP contribution in [0.15, 0.2) is 18.5 Å². The highest BCUT2D eigenvalue weighted by Crippen LogP contribution is 2.22. The van der Waals surface area contributed by atoms with Gasteiger partial charge in [-0.2, -0.15) is 5.10 Å². The van der Waals surface area contributed by atoms with Gasteiger partial charge < -0.3 is 4.57 Å². The monoisotopic (exact) mass is 293 g/mol. The molecule has 0 aliphatic heterocycles. The first kappa shape index (κ1) is 14.9. The molecule has 0 bridgehead atoms. The summed E-state index contributed by atoms with van der Waals surface area (Å²) < 4.78 is 3.79. The second kappa shape index (κ2) is 6.27. The third-order valence-electron chi connectivity index (χ3n) is 3.38. The first-order chi connectivity index (χ1) is 9.56. The molecule has 5 heteroatoms. The lowest BCUT2D eigenvalue weighted by molar-refractivity contribution is 0.0981. The summed E-state index contributed by atoms with van der Waals surface area (Å²) in [6.07, 6.45) is 6.08. The maximum atomic E-state index is 11.8. The van der Waals surface area contributed by atoms with Gasteiger partial charge in [-0.1, -0.05) is 25.4 Å². The Hall–Kier alpha value is -1.55. The molecule has 20 heavy (non-hydrogen) atoms. The molecule has 0 aliphatic rings. The third kappa shape index (κ3) is 2.96. The molecule has 0 unspecified atom stereocenters. The van der Waals surface area contributed by atoms with Gasteiger partial charge in [0.05, 0.1) is 23.0 Å². The summed E-state index contributed by atoms with van der Waals surface area (Å²) in [5.74, 6) is 0.191. The van der Waals surface area contributed by atoms with Crippen LogP contribution in [0, 0.1) is 0 Å². The topological polar surface area (TPSA) is 39.8 Å². The Morgan fingerprint density at radius 2 is 2.15 bits per heavy atom. The minimum atomic E-state index is 0.191. The van der Waals surface area contributed by atoms with Crippen LogP contribution in [-0.4, -0.2) is 20.1 Å². The van der Waals surface area contributed by atoms with Gasteiger partial charge in [-0.05, 0) is 18.9 Å². The van der Waals surface area contributed by atoms with Crippen molar-refractivity contribution in [3.8, 4) is 0 Å². The molecule has 108 valence electrons. The summed E-state index contributed by atoms with van der Waals surface area (Å²) in [7, 11) is 1.90. The summed E-state index contributed by atoms with van der Waals surface area (Å²) >= 11 is 6.34. The number of nitrogens with zero attached hydrogens (tertiary/aromatic N) is 3. The van der Waals surface area contributed by atoms with Gasteiger partial charge in [0.15, 0.2) is 5.78 Å². The predicted octanol–water partition coefficient (Wildman–Crippen LogP) is 3.47. The van der Waals surface area contributed by atoms with Crippen LogP contribution in [0.5, 0.6) is 0 Å². The average molecular weight is 294 g/mol. The van der Waals surface area contributed by atoms with Crippen LogP contribution in [0.4, 0.5) is 0 Å². The van der Waals surface area contributed by atoms with E-state index in [1.807, 2.05) is 48.6 Å². The van der Waals surface area contributed by atoms with Gasteiger partial charge in [0, 0.05) is 31.4 Å². The Morgan fingerprint density at radius 1 is 1.40 bits per heavy atom. The van der Waals surface area contributed by atoms with Gasteiger partial charge in [0.2, 0.25) is 0 Å². The standard InChI is InChI=1S/C15H20ClN3O/c1-4-6-14(20)11-7-8-19(9-11)10-13-15(16)12(5-2)17-18(13)3/h7-9H,4-6,10H2,1-3H3. The fourth-order valence-electron chi connectivity index (χ4n) is 2.24. The fourth-order valence-corrected chi connectivity index (χ4v) is 2.59. The number of hydrogen-bond acceptors (Lipinski definition) is 2. The van der Waals surface area contributed by atoms with Crippen LogP contribution in [0.1, 0.15) is 48.4 Å². The quantitative estimate of drug-likeness (QED) is 0.765. The Kier molecular flexibility index (Phi) is 4.65. The molecule has 0 aliphatic carbocycles. The molecule has 2 aromatic rings. The number of rotatable bonds is 6. The first-order valence-corrected chi connectivity index (χ1v) is 7.33. The lowest BCUT2D eigenvalue weighted by atomic mass is 10.1. The van der Waals surface area contributed by atoms with Crippen molar-refractivity contribution in [2.75, 3.05) is 0 Å². The molecule has 0 amide bonds. The van der Waals surface area contributed by atoms with Crippen molar-refractivity contribution in [1.29, 1.82) is 0 Å². The zero-order valence-corrected chi connectivity index (χ0v) is 12.9. The van der Waals surface area contributed by atoms with Gasteiger partial charge >= 0.3 is 0 Å². The van der Waals surface area contributed by atoms with Gasteiger partial charge in [-0.3, -0.25) is 9.48 Å². The SMILES string of the molecule is CCCC(=O)c1ccn(Cc2c(Cl)c(CC)nn2C)c1. The van der Waals surface area contributed by atoms with Crippen molar-refractivity contribution in [2.45, 2.75) is 39.7 Å². The maximum absolute atomic E-state index is 11.8. The van der Waals surface area contributed by atoms with Crippen molar-refractivity contribution < 1.29 is 4.79 Å². The molecule has 4 nitrogen and oxygen atoms in total. The first-order valence-electron chi connectivity index (χ1n) is 6.96. The van der Waals surface area contributed by atoms with E-state index >= 15 is 0 Å². The summed E-state index contributed by atoms with van der Waals surface area (Å²) in [4.78, 5) is 11.8. The van der Waals surface area contributed by atoms with Crippen LogP contribution in [0.3, 0.4) is 0 Å². The number of Topliss-reactive ketones (excluding diaryl/α,β-unsaturated/α-hetero) is 1. The second-order valence-corrected chi connectivity index (χ2v) is 5.31. The highest BCUT2D eigenvalue weighted by molar-refractivity contribution is 6.31. The van der Waals surface area contributed by atoms with Crippen molar-refractivity contribution in [2.24, 2.45) is 7.05 Å². The van der Waals surface area contributed by atoms with E-state index < -0.39 is 0 Å². The molecule has 2 heterocycles. The van der Waals surface area contributed by atoms with Crippen LogP contribution >= 0.6 is 11.6 Å². The van der Waals surface area contributed by atoms with E-state index in [1.54, 1.807) is 0 Å². The van der Waals surface area contributed by atoms with Crippen LogP contribution in [0.2, 0.25) is 5.02 Å². The third-order valence-corrected chi connectivity index (χ3v) is 3.82. The molecule has 0 saturated carbocycles. The summed E-state index contributed by atoms with van der Waals surface area (Å²) in [5.41, 5.74) is 2.65. The molecule has 0 saturated heterocycles. The summed E-state index contributed by atoms with van der Waals surface area (Å²) in [5, 5.41) is 5.13. The highest BCUT2D eigenvalue weighted by atomic mass is 35.5. The number of carbonyl (C=O) groups is 1. The van der Waals surface area contributed by atoms with Crippen molar-refractivity contribution in [1.82, 2.24) is 14.3 Å². The summed E-state index contributed by atoms with van der Waals surface area (Å²) in [6.45, 7) is 4.67. The second-order valence-electron chi connectivity index (χ2n) is 4.93. The Morgan fingerprint density at radius 3 is 2.75 bits per heavy atom. The maximum Gasteiger partial charge on any atom is 0.164 e. The molecule has 0 N–H and O–H groups in total.